The maximum Gasteiger partial charge on any atom is 0.262 e. The smallest absolute Gasteiger partial charge is 0.262 e. The number of carbonyl (C=O) groups excluding carboxylic acids is 1. The number of hydrogen-bond donors (Lipinski definition) is 2. The van der Waals surface area contributed by atoms with Crippen molar-refractivity contribution in [3.05, 3.63) is 18.1 Å². The minimum atomic E-state index is -2.78. The molecule has 2 fully saturated rings. The minimum absolute atomic E-state index is 0. The van der Waals surface area contributed by atoms with Crippen LogP contribution in [-0.4, -0.2) is 53.5 Å². The lowest BCUT2D eigenvalue weighted by Gasteiger charge is -2.33. The number of aromatic nitrogens is 2. The van der Waals surface area contributed by atoms with Crippen LogP contribution in [0.4, 0.5) is 14.6 Å². The zero-order valence-corrected chi connectivity index (χ0v) is 16.2. The second-order valence-electron chi connectivity index (χ2n) is 6.48. The molecule has 26 heavy (non-hydrogen) atoms. The van der Waals surface area contributed by atoms with Gasteiger partial charge in [0.2, 0.25) is 5.91 Å². The zero-order valence-electron chi connectivity index (χ0n) is 14.6. The highest BCUT2D eigenvalue weighted by Crippen LogP contribution is 2.25. The van der Waals surface area contributed by atoms with Crippen LogP contribution in [0.15, 0.2) is 12.4 Å². The summed E-state index contributed by atoms with van der Waals surface area (Å²) in [5.41, 5.74) is 1.00. The third-order valence-corrected chi connectivity index (χ3v) is 4.66. The summed E-state index contributed by atoms with van der Waals surface area (Å²) >= 11 is 0. The van der Waals surface area contributed by atoms with E-state index in [1.54, 1.807) is 6.33 Å². The SMILES string of the molecule is CCc1cc(N2CCC(NC(=O)C3CC(F)(F)CN3)CC2)ncn1.Cl.Cl. The molecule has 1 aromatic rings. The second-order valence-corrected chi connectivity index (χ2v) is 6.48. The Balaban J connectivity index is 0.00000169. The predicted molar refractivity (Wildman–Crippen MR) is 101 cm³/mol. The lowest BCUT2D eigenvalue weighted by molar-refractivity contribution is -0.124. The van der Waals surface area contributed by atoms with Crippen LogP contribution in [-0.2, 0) is 11.2 Å². The van der Waals surface area contributed by atoms with Gasteiger partial charge in [0.1, 0.15) is 12.1 Å². The molecule has 10 heteroatoms. The molecule has 2 saturated heterocycles. The molecule has 0 aromatic carbocycles. The van der Waals surface area contributed by atoms with Gasteiger partial charge in [-0.25, -0.2) is 18.7 Å². The van der Waals surface area contributed by atoms with E-state index in [-0.39, 0.29) is 36.8 Å². The van der Waals surface area contributed by atoms with Gasteiger partial charge in [0.25, 0.3) is 5.92 Å². The lowest BCUT2D eigenvalue weighted by Crippen LogP contribution is -2.49. The molecule has 3 rings (SSSR count). The summed E-state index contributed by atoms with van der Waals surface area (Å²) < 4.78 is 26.3. The summed E-state index contributed by atoms with van der Waals surface area (Å²) in [6.45, 7) is 3.18. The van der Waals surface area contributed by atoms with Gasteiger partial charge in [0.15, 0.2) is 0 Å². The first kappa shape index (κ1) is 22.8. The molecule has 0 saturated carbocycles. The van der Waals surface area contributed by atoms with E-state index in [0.717, 1.165) is 43.9 Å². The van der Waals surface area contributed by atoms with Crippen LogP contribution in [0.1, 0.15) is 31.9 Å². The van der Waals surface area contributed by atoms with Crippen molar-refractivity contribution in [1.82, 2.24) is 20.6 Å². The Bertz CT molecular complexity index is 600. The second kappa shape index (κ2) is 9.62. The van der Waals surface area contributed by atoms with E-state index in [0.29, 0.717) is 0 Å². The van der Waals surface area contributed by atoms with Gasteiger partial charge >= 0.3 is 0 Å². The highest BCUT2D eigenvalue weighted by molar-refractivity contribution is 5.85. The number of rotatable bonds is 4. The zero-order chi connectivity index (χ0) is 17.2. The van der Waals surface area contributed by atoms with Gasteiger partial charge in [-0.1, -0.05) is 6.92 Å². The Morgan fingerprint density at radius 2 is 2.04 bits per heavy atom. The van der Waals surface area contributed by atoms with Crippen molar-refractivity contribution in [2.24, 2.45) is 0 Å². The fourth-order valence-corrected chi connectivity index (χ4v) is 3.21. The van der Waals surface area contributed by atoms with E-state index in [1.807, 2.05) is 6.07 Å². The number of halogens is 4. The van der Waals surface area contributed by atoms with E-state index in [2.05, 4.69) is 32.4 Å². The summed E-state index contributed by atoms with van der Waals surface area (Å²) in [4.78, 5) is 22.8. The molecular formula is C16H25Cl2F2N5O. The first-order valence-electron chi connectivity index (χ1n) is 8.44. The van der Waals surface area contributed by atoms with Gasteiger partial charge in [-0.2, -0.15) is 0 Å². The molecule has 1 atom stereocenters. The molecule has 0 spiro atoms. The molecule has 2 N–H and O–H groups in total. The van der Waals surface area contributed by atoms with Crippen molar-refractivity contribution < 1.29 is 13.6 Å². The summed E-state index contributed by atoms with van der Waals surface area (Å²) in [5, 5.41) is 5.49. The van der Waals surface area contributed by atoms with E-state index in [4.69, 9.17) is 0 Å². The van der Waals surface area contributed by atoms with Gasteiger partial charge < -0.3 is 10.2 Å². The maximum atomic E-state index is 13.2. The normalized spacial score (nSPS) is 22.3. The van der Waals surface area contributed by atoms with Gasteiger partial charge in [-0.05, 0) is 19.3 Å². The average molecular weight is 412 g/mol. The van der Waals surface area contributed by atoms with E-state index in [9.17, 15) is 13.6 Å². The number of piperidine rings is 1. The standard InChI is InChI=1S/C16H23F2N5O.2ClH/c1-2-11-7-14(21-10-20-11)23-5-3-12(4-6-23)22-15(24)13-8-16(17,18)9-19-13;;/h7,10,12-13,19H,2-6,8-9H2,1H3,(H,22,24);2*1H. The fourth-order valence-electron chi connectivity index (χ4n) is 3.21. The number of nitrogens with zero attached hydrogens (tertiary/aromatic N) is 3. The van der Waals surface area contributed by atoms with Gasteiger partial charge in [0, 0.05) is 37.3 Å². The van der Waals surface area contributed by atoms with Crippen LogP contribution < -0.4 is 15.5 Å². The molecule has 1 unspecified atom stereocenters. The number of amides is 1. The fraction of sp³-hybridized carbons (Fsp3) is 0.688. The molecule has 0 radical (unpaired) electrons. The molecule has 2 aliphatic rings. The summed E-state index contributed by atoms with van der Waals surface area (Å²) in [5.74, 6) is -2.19. The van der Waals surface area contributed by atoms with Gasteiger partial charge in [-0.3, -0.25) is 10.1 Å². The van der Waals surface area contributed by atoms with Crippen LogP contribution >= 0.6 is 24.8 Å². The minimum Gasteiger partial charge on any atom is -0.356 e. The molecular weight excluding hydrogens is 387 g/mol. The molecule has 3 heterocycles. The molecule has 2 aliphatic heterocycles. The molecule has 0 aliphatic carbocycles. The van der Waals surface area contributed by atoms with Crippen LogP contribution in [0.5, 0.6) is 0 Å². The Morgan fingerprint density at radius 3 is 2.62 bits per heavy atom. The maximum absolute atomic E-state index is 13.2. The van der Waals surface area contributed by atoms with Crippen molar-refractivity contribution in [2.45, 2.75) is 50.6 Å². The molecule has 1 aromatic heterocycles. The molecule has 148 valence electrons. The quantitative estimate of drug-likeness (QED) is 0.792. The first-order chi connectivity index (χ1) is 11.5. The average Bonchev–Trinajstić information content (AvgIpc) is 2.96. The summed E-state index contributed by atoms with van der Waals surface area (Å²) in [6, 6.07) is 1.23. The number of aryl methyl sites for hydroxylation is 1. The van der Waals surface area contributed by atoms with Gasteiger partial charge in [0.05, 0.1) is 12.6 Å². The van der Waals surface area contributed by atoms with E-state index >= 15 is 0 Å². The third kappa shape index (κ3) is 5.62. The van der Waals surface area contributed by atoms with Crippen molar-refractivity contribution >= 4 is 36.5 Å². The summed E-state index contributed by atoms with van der Waals surface area (Å²) in [6.07, 6.45) is 3.58. The van der Waals surface area contributed by atoms with Crippen molar-refractivity contribution in [3.63, 3.8) is 0 Å². The Labute approximate surface area is 164 Å². The van der Waals surface area contributed by atoms with Crippen molar-refractivity contribution in [1.29, 1.82) is 0 Å². The summed E-state index contributed by atoms with van der Waals surface area (Å²) in [7, 11) is 0. The number of alkyl halides is 2. The number of anilines is 1. The van der Waals surface area contributed by atoms with Crippen LogP contribution in [0.3, 0.4) is 0 Å². The first-order valence-corrected chi connectivity index (χ1v) is 8.44. The van der Waals surface area contributed by atoms with Crippen LogP contribution in [0.25, 0.3) is 0 Å². The Kier molecular flexibility index (Phi) is 8.43. The number of carbonyl (C=O) groups is 1. The highest BCUT2D eigenvalue weighted by atomic mass is 35.5. The number of nitrogens with one attached hydrogen (secondary N) is 2. The Hall–Kier alpha value is -1.25. The topological polar surface area (TPSA) is 70.2 Å². The van der Waals surface area contributed by atoms with Crippen molar-refractivity contribution in [2.75, 3.05) is 24.5 Å². The Morgan fingerprint density at radius 1 is 1.35 bits per heavy atom. The highest BCUT2D eigenvalue weighted by Gasteiger charge is 2.42. The van der Waals surface area contributed by atoms with E-state index < -0.39 is 24.9 Å². The molecule has 1 amide bonds. The van der Waals surface area contributed by atoms with Gasteiger partial charge in [-0.15, -0.1) is 24.8 Å². The predicted octanol–water partition coefficient (Wildman–Crippen LogP) is 1.96. The van der Waals surface area contributed by atoms with E-state index in [1.165, 1.54) is 0 Å². The molecule has 0 bridgehead atoms. The van der Waals surface area contributed by atoms with Crippen LogP contribution in [0, 0.1) is 0 Å². The van der Waals surface area contributed by atoms with Crippen LogP contribution in [0.2, 0.25) is 0 Å². The lowest BCUT2D eigenvalue weighted by atomic mass is 10.0. The number of hydrogen-bond acceptors (Lipinski definition) is 5. The monoisotopic (exact) mass is 411 g/mol. The largest absolute Gasteiger partial charge is 0.356 e. The molecule has 6 nitrogen and oxygen atoms in total. The third-order valence-electron chi connectivity index (χ3n) is 4.66. The van der Waals surface area contributed by atoms with Crippen molar-refractivity contribution in [3.8, 4) is 0 Å².